The number of amides is 1. The summed E-state index contributed by atoms with van der Waals surface area (Å²) in [5.41, 5.74) is 1.07. The second-order valence-corrected chi connectivity index (χ2v) is 6.01. The van der Waals surface area contributed by atoms with Gasteiger partial charge in [0.15, 0.2) is 0 Å². The van der Waals surface area contributed by atoms with E-state index in [1.54, 1.807) is 6.92 Å². The fourth-order valence-electron chi connectivity index (χ4n) is 2.80. The predicted octanol–water partition coefficient (Wildman–Crippen LogP) is 1.34. The third-order valence-corrected chi connectivity index (χ3v) is 3.99. The standard InChI is InChI=1S/C17H26N2O3/c1-13-5-3-4-6-17(13)22-12-16(21)11-19-9-7-15(8-10-19)18-14(2)20/h3-6,15-16,21H,7-12H2,1-2H3,(H,18,20). The first-order valence-electron chi connectivity index (χ1n) is 7.90. The molecule has 0 aliphatic carbocycles. The Morgan fingerprint density at radius 1 is 1.41 bits per heavy atom. The molecule has 0 spiro atoms. The Kier molecular flexibility index (Phi) is 6.21. The van der Waals surface area contributed by atoms with Gasteiger partial charge in [0, 0.05) is 32.6 Å². The van der Waals surface area contributed by atoms with Crippen LogP contribution in [0.15, 0.2) is 24.3 Å². The first-order valence-corrected chi connectivity index (χ1v) is 7.90. The van der Waals surface area contributed by atoms with Gasteiger partial charge < -0.3 is 20.1 Å². The van der Waals surface area contributed by atoms with Gasteiger partial charge in [0.25, 0.3) is 0 Å². The molecule has 0 radical (unpaired) electrons. The van der Waals surface area contributed by atoms with Crippen molar-refractivity contribution < 1.29 is 14.6 Å². The number of hydrogen-bond acceptors (Lipinski definition) is 4. The summed E-state index contributed by atoms with van der Waals surface area (Å²) in [7, 11) is 0. The average Bonchev–Trinajstić information content (AvgIpc) is 2.48. The lowest BCUT2D eigenvalue weighted by Crippen LogP contribution is -2.46. The molecule has 0 saturated carbocycles. The summed E-state index contributed by atoms with van der Waals surface area (Å²) >= 11 is 0. The van der Waals surface area contributed by atoms with Gasteiger partial charge in [-0.2, -0.15) is 0 Å². The number of aryl methyl sites for hydroxylation is 1. The first kappa shape index (κ1) is 16.8. The molecule has 22 heavy (non-hydrogen) atoms. The van der Waals surface area contributed by atoms with E-state index in [2.05, 4.69) is 10.2 Å². The zero-order valence-electron chi connectivity index (χ0n) is 13.4. The van der Waals surface area contributed by atoms with E-state index in [4.69, 9.17) is 4.74 Å². The van der Waals surface area contributed by atoms with Gasteiger partial charge in [-0.15, -0.1) is 0 Å². The second kappa shape index (κ2) is 8.15. The number of para-hydroxylation sites is 1. The van der Waals surface area contributed by atoms with Gasteiger partial charge in [0.05, 0.1) is 0 Å². The van der Waals surface area contributed by atoms with Crippen LogP contribution in [0.1, 0.15) is 25.3 Å². The minimum absolute atomic E-state index is 0.0325. The Balaban J connectivity index is 1.69. The predicted molar refractivity (Wildman–Crippen MR) is 86.0 cm³/mol. The highest BCUT2D eigenvalue weighted by atomic mass is 16.5. The lowest BCUT2D eigenvalue weighted by molar-refractivity contribution is -0.120. The molecule has 1 unspecified atom stereocenters. The number of β-amino-alcohol motifs (C(OH)–C–C–N with tert-alkyl or cyclic N) is 1. The smallest absolute Gasteiger partial charge is 0.217 e. The highest BCUT2D eigenvalue weighted by molar-refractivity contribution is 5.73. The van der Waals surface area contributed by atoms with Gasteiger partial charge in [0.2, 0.25) is 5.91 Å². The molecule has 5 nitrogen and oxygen atoms in total. The van der Waals surface area contributed by atoms with Crippen molar-refractivity contribution in [2.24, 2.45) is 0 Å². The number of nitrogens with zero attached hydrogens (tertiary/aromatic N) is 1. The molecule has 1 saturated heterocycles. The van der Waals surface area contributed by atoms with Crippen molar-refractivity contribution in [3.63, 3.8) is 0 Å². The van der Waals surface area contributed by atoms with Crippen LogP contribution in [0.25, 0.3) is 0 Å². The Morgan fingerprint density at radius 2 is 2.09 bits per heavy atom. The molecule has 1 amide bonds. The Morgan fingerprint density at radius 3 is 2.73 bits per heavy atom. The molecule has 1 heterocycles. The normalized spacial score (nSPS) is 18.0. The first-order chi connectivity index (χ1) is 10.5. The van der Waals surface area contributed by atoms with Crippen molar-refractivity contribution >= 4 is 5.91 Å². The van der Waals surface area contributed by atoms with Crippen LogP contribution in [-0.2, 0) is 4.79 Å². The van der Waals surface area contributed by atoms with E-state index in [9.17, 15) is 9.90 Å². The molecule has 1 aromatic carbocycles. The molecule has 0 aromatic heterocycles. The minimum atomic E-state index is -0.503. The van der Waals surface area contributed by atoms with E-state index in [-0.39, 0.29) is 11.9 Å². The zero-order chi connectivity index (χ0) is 15.9. The highest BCUT2D eigenvalue weighted by Crippen LogP contribution is 2.16. The number of piperidine rings is 1. The van der Waals surface area contributed by atoms with Gasteiger partial charge in [-0.25, -0.2) is 0 Å². The van der Waals surface area contributed by atoms with E-state index in [0.29, 0.717) is 13.2 Å². The van der Waals surface area contributed by atoms with E-state index in [1.807, 2.05) is 31.2 Å². The summed E-state index contributed by atoms with van der Waals surface area (Å²) in [5, 5.41) is 13.1. The number of nitrogens with one attached hydrogen (secondary N) is 1. The average molecular weight is 306 g/mol. The van der Waals surface area contributed by atoms with Crippen LogP contribution in [-0.4, -0.2) is 54.3 Å². The topological polar surface area (TPSA) is 61.8 Å². The SMILES string of the molecule is CC(=O)NC1CCN(CC(O)COc2ccccc2C)CC1. The van der Waals surface area contributed by atoms with Crippen molar-refractivity contribution in [1.29, 1.82) is 0 Å². The number of carbonyl (C=O) groups is 1. The van der Waals surface area contributed by atoms with Crippen LogP contribution in [0.3, 0.4) is 0 Å². The number of ether oxygens (including phenoxy) is 1. The molecule has 2 N–H and O–H groups in total. The molecule has 5 heteroatoms. The summed E-state index contributed by atoms with van der Waals surface area (Å²) in [6.45, 7) is 6.25. The van der Waals surface area contributed by atoms with Gasteiger partial charge in [-0.3, -0.25) is 4.79 Å². The lowest BCUT2D eigenvalue weighted by Gasteiger charge is -2.33. The fourth-order valence-corrected chi connectivity index (χ4v) is 2.80. The van der Waals surface area contributed by atoms with Crippen LogP contribution >= 0.6 is 0 Å². The highest BCUT2D eigenvalue weighted by Gasteiger charge is 2.21. The van der Waals surface area contributed by atoms with Crippen LogP contribution in [0.2, 0.25) is 0 Å². The third-order valence-electron chi connectivity index (χ3n) is 3.99. The Labute approximate surface area is 132 Å². The molecule has 2 rings (SSSR count). The molecule has 1 aliphatic rings. The molecule has 1 aliphatic heterocycles. The Hall–Kier alpha value is -1.59. The molecule has 122 valence electrons. The van der Waals surface area contributed by atoms with Gasteiger partial charge in [-0.1, -0.05) is 18.2 Å². The number of hydrogen-bond donors (Lipinski definition) is 2. The largest absolute Gasteiger partial charge is 0.491 e. The van der Waals surface area contributed by atoms with Gasteiger partial charge >= 0.3 is 0 Å². The monoisotopic (exact) mass is 306 g/mol. The number of rotatable bonds is 6. The van der Waals surface area contributed by atoms with Gasteiger partial charge in [-0.05, 0) is 31.4 Å². The maximum Gasteiger partial charge on any atom is 0.217 e. The molecule has 1 fully saturated rings. The Bertz CT molecular complexity index is 485. The van der Waals surface area contributed by atoms with Crippen molar-refractivity contribution in [3.05, 3.63) is 29.8 Å². The maximum atomic E-state index is 11.0. The maximum absolute atomic E-state index is 11.0. The minimum Gasteiger partial charge on any atom is -0.491 e. The number of aliphatic hydroxyl groups excluding tert-OH is 1. The van der Waals surface area contributed by atoms with E-state index < -0.39 is 6.10 Å². The summed E-state index contributed by atoms with van der Waals surface area (Å²) in [6.07, 6.45) is 1.37. The third kappa shape index (κ3) is 5.31. The fraction of sp³-hybridized carbons (Fsp3) is 0.588. The molecule has 1 aromatic rings. The van der Waals surface area contributed by atoms with Gasteiger partial charge in [0.1, 0.15) is 18.5 Å². The summed E-state index contributed by atoms with van der Waals surface area (Å²) in [5.74, 6) is 0.857. The van der Waals surface area contributed by atoms with E-state index >= 15 is 0 Å². The summed E-state index contributed by atoms with van der Waals surface area (Å²) in [6, 6.07) is 8.09. The van der Waals surface area contributed by atoms with Crippen LogP contribution in [0, 0.1) is 6.92 Å². The lowest BCUT2D eigenvalue weighted by atomic mass is 10.0. The van der Waals surface area contributed by atoms with E-state index in [1.165, 1.54) is 0 Å². The van der Waals surface area contributed by atoms with Crippen LogP contribution in [0.4, 0.5) is 0 Å². The number of likely N-dealkylation sites (tertiary alicyclic amines) is 1. The van der Waals surface area contributed by atoms with E-state index in [0.717, 1.165) is 37.2 Å². The summed E-state index contributed by atoms with van der Waals surface area (Å²) in [4.78, 5) is 13.3. The molecular weight excluding hydrogens is 280 g/mol. The van der Waals surface area contributed by atoms with Crippen molar-refractivity contribution in [1.82, 2.24) is 10.2 Å². The molecule has 0 bridgehead atoms. The number of benzene rings is 1. The molecular formula is C17H26N2O3. The van der Waals surface area contributed by atoms with Crippen LogP contribution < -0.4 is 10.1 Å². The van der Waals surface area contributed by atoms with Crippen molar-refractivity contribution in [2.75, 3.05) is 26.2 Å². The summed E-state index contributed by atoms with van der Waals surface area (Å²) < 4.78 is 5.68. The van der Waals surface area contributed by atoms with Crippen LogP contribution in [0.5, 0.6) is 5.75 Å². The van der Waals surface area contributed by atoms with Crippen molar-refractivity contribution in [3.8, 4) is 5.75 Å². The quantitative estimate of drug-likeness (QED) is 0.832. The number of carbonyl (C=O) groups excluding carboxylic acids is 1. The zero-order valence-corrected chi connectivity index (χ0v) is 13.4. The second-order valence-electron chi connectivity index (χ2n) is 6.01. The van der Waals surface area contributed by atoms with Crippen molar-refractivity contribution in [2.45, 2.75) is 38.8 Å². The number of aliphatic hydroxyl groups is 1. The molecule has 1 atom stereocenters.